The van der Waals surface area contributed by atoms with Crippen LogP contribution in [0.2, 0.25) is 5.02 Å². The van der Waals surface area contributed by atoms with Crippen molar-refractivity contribution < 1.29 is 9.90 Å². The first-order valence-corrected chi connectivity index (χ1v) is 9.43. The SMILES string of the molecule is O=C(Cn1nnc(-c2ccccc2Cl)n1)N/N=C\c1cc(Br)c(O)c(Br)c1. The zero-order valence-corrected chi connectivity index (χ0v) is 17.4. The number of rotatable bonds is 5. The molecule has 0 aliphatic carbocycles. The number of nitrogens with zero attached hydrogens (tertiary/aromatic N) is 5. The normalized spacial score (nSPS) is 11.1. The number of phenolic OH excluding ortho intramolecular Hbond substituents is 1. The van der Waals surface area contributed by atoms with Crippen molar-refractivity contribution in [3.8, 4) is 17.1 Å². The Labute approximate surface area is 175 Å². The van der Waals surface area contributed by atoms with Gasteiger partial charge in [0.2, 0.25) is 5.82 Å². The topological polar surface area (TPSA) is 105 Å². The van der Waals surface area contributed by atoms with E-state index in [9.17, 15) is 9.90 Å². The predicted molar refractivity (Wildman–Crippen MR) is 108 cm³/mol. The highest BCUT2D eigenvalue weighted by atomic mass is 79.9. The van der Waals surface area contributed by atoms with Crippen molar-refractivity contribution in [1.29, 1.82) is 0 Å². The Morgan fingerprint density at radius 1 is 1.30 bits per heavy atom. The van der Waals surface area contributed by atoms with Crippen LogP contribution in [0.4, 0.5) is 0 Å². The lowest BCUT2D eigenvalue weighted by molar-refractivity contribution is -0.122. The molecule has 0 saturated carbocycles. The van der Waals surface area contributed by atoms with Crippen LogP contribution in [0, 0.1) is 0 Å². The third-order valence-corrected chi connectivity index (χ3v) is 4.83. The van der Waals surface area contributed by atoms with Crippen molar-refractivity contribution in [3.05, 3.63) is 55.9 Å². The van der Waals surface area contributed by atoms with Gasteiger partial charge in [-0.3, -0.25) is 4.79 Å². The molecule has 2 aromatic carbocycles. The minimum atomic E-state index is -0.425. The summed E-state index contributed by atoms with van der Waals surface area (Å²) in [5.74, 6) is -0.00951. The number of carbonyl (C=O) groups is 1. The van der Waals surface area contributed by atoms with Gasteiger partial charge in [-0.15, -0.1) is 10.2 Å². The maximum atomic E-state index is 12.0. The van der Waals surface area contributed by atoms with E-state index < -0.39 is 5.91 Å². The number of phenols is 1. The third kappa shape index (κ3) is 4.90. The largest absolute Gasteiger partial charge is 0.506 e. The number of hydrazone groups is 1. The van der Waals surface area contributed by atoms with Gasteiger partial charge in [-0.05, 0) is 66.9 Å². The Kier molecular flexibility index (Phi) is 6.19. The fourth-order valence-corrected chi connectivity index (χ4v) is 3.50. The first-order chi connectivity index (χ1) is 12.9. The Bertz CT molecular complexity index is 1000. The third-order valence-electron chi connectivity index (χ3n) is 3.29. The summed E-state index contributed by atoms with van der Waals surface area (Å²) in [6.45, 7) is -0.155. The number of aromatic hydroxyl groups is 1. The van der Waals surface area contributed by atoms with Crippen molar-refractivity contribution in [2.45, 2.75) is 6.54 Å². The Hall–Kier alpha value is -2.30. The van der Waals surface area contributed by atoms with Crippen LogP contribution < -0.4 is 5.43 Å². The molecule has 1 amide bonds. The molecule has 0 spiro atoms. The van der Waals surface area contributed by atoms with E-state index in [-0.39, 0.29) is 12.3 Å². The maximum absolute atomic E-state index is 12.0. The number of tetrazole rings is 1. The zero-order chi connectivity index (χ0) is 19.4. The molecule has 0 saturated heterocycles. The van der Waals surface area contributed by atoms with Crippen LogP contribution in [0.25, 0.3) is 11.4 Å². The van der Waals surface area contributed by atoms with E-state index in [0.29, 0.717) is 30.9 Å². The molecule has 0 radical (unpaired) electrons. The van der Waals surface area contributed by atoms with Crippen LogP contribution in [-0.2, 0) is 11.3 Å². The predicted octanol–water partition coefficient (Wildman–Crippen LogP) is 3.37. The molecule has 0 atom stereocenters. The first-order valence-electron chi connectivity index (χ1n) is 7.46. The average Bonchev–Trinajstić information content (AvgIpc) is 3.08. The maximum Gasteiger partial charge on any atom is 0.263 e. The van der Waals surface area contributed by atoms with Gasteiger partial charge in [-0.25, -0.2) is 5.43 Å². The molecule has 8 nitrogen and oxygen atoms in total. The van der Waals surface area contributed by atoms with Gasteiger partial charge >= 0.3 is 0 Å². The van der Waals surface area contributed by atoms with E-state index in [1.165, 1.54) is 6.21 Å². The van der Waals surface area contributed by atoms with E-state index in [1.54, 1.807) is 30.3 Å². The molecule has 1 aromatic heterocycles. The molecule has 11 heteroatoms. The average molecular weight is 515 g/mol. The lowest BCUT2D eigenvalue weighted by Crippen LogP contribution is -2.24. The highest BCUT2D eigenvalue weighted by Crippen LogP contribution is 2.32. The Morgan fingerprint density at radius 3 is 2.70 bits per heavy atom. The fraction of sp³-hybridized carbons (Fsp3) is 0.0625. The van der Waals surface area contributed by atoms with Crippen LogP contribution >= 0.6 is 43.5 Å². The summed E-state index contributed by atoms with van der Waals surface area (Å²) in [5.41, 5.74) is 3.68. The smallest absolute Gasteiger partial charge is 0.263 e. The molecule has 3 aromatic rings. The van der Waals surface area contributed by atoms with Gasteiger partial charge in [0.1, 0.15) is 12.3 Å². The molecule has 0 bridgehead atoms. The fourth-order valence-electron chi connectivity index (χ4n) is 2.06. The molecule has 2 N–H and O–H groups in total. The van der Waals surface area contributed by atoms with Crippen molar-refractivity contribution in [1.82, 2.24) is 25.6 Å². The summed E-state index contributed by atoms with van der Waals surface area (Å²) in [4.78, 5) is 13.1. The lowest BCUT2D eigenvalue weighted by atomic mass is 10.2. The second kappa shape index (κ2) is 8.59. The van der Waals surface area contributed by atoms with Crippen molar-refractivity contribution in [2.75, 3.05) is 0 Å². The molecule has 0 aliphatic rings. The summed E-state index contributed by atoms with van der Waals surface area (Å²) in [6.07, 6.45) is 1.44. The van der Waals surface area contributed by atoms with Crippen LogP contribution in [0.3, 0.4) is 0 Å². The van der Waals surface area contributed by atoms with E-state index >= 15 is 0 Å². The summed E-state index contributed by atoms with van der Waals surface area (Å²) in [6, 6.07) is 10.4. The minimum absolute atomic E-state index is 0.0859. The van der Waals surface area contributed by atoms with Gasteiger partial charge in [0, 0.05) is 5.56 Å². The van der Waals surface area contributed by atoms with Crippen LogP contribution in [0.5, 0.6) is 5.75 Å². The summed E-state index contributed by atoms with van der Waals surface area (Å²) in [5, 5.41) is 25.9. The molecule has 1 heterocycles. The number of amides is 1. The van der Waals surface area contributed by atoms with Crippen LogP contribution in [0.15, 0.2) is 50.4 Å². The first kappa shape index (κ1) is 19.5. The minimum Gasteiger partial charge on any atom is -0.506 e. The number of hydrogen-bond acceptors (Lipinski definition) is 6. The number of carbonyl (C=O) groups excluding carboxylic acids is 1. The van der Waals surface area contributed by atoms with Gasteiger partial charge in [0.05, 0.1) is 20.2 Å². The van der Waals surface area contributed by atoms with E-state index in [1.807, 2.05) is 6.07 Å². The number of hydrogen-bond donors (Lipinski definition) is 2. The number of nitrogens with one attached hydrogen (secondary N) is 1. The molecular weight excluding hydrogens is 503 g/mol. The molecule has 0 unspecified atom stereocenters. The standard InChI is InChI=1S/C16H11Br2ClN6O2/c17-11-5-9(6-12(18)15(11)27)7-20-21-14(26)8-25-23-16(22-24-25)10-3-1-2-4-13(10)19/h1-7,27H,8H2,(H,21,26)/b20-7-. The molecule has 3 rings (SSSR count). The monoisotopic (exact) mass is 512 g/mol. The second-order valence-electron chi connectivity index (χ2n) is 5.25. The molecule has 27 heavy (non-hydrogen) atoms. The summed E-state index contributed by atoms with van der Waals surface area (Å²) in [7, 11) is 0. The Balaban J connectivity index is 1.61. The molecular formula is C16H11Br2ClN6O2. The number of benzene rings is 2. The molecule has 0 aliphatic heterocycles. The van der Waals surface area contributed by atoms with Crippen molar-refractivity contribution >= 4 is 55.6 Å². The van der Waals surface area contributed by atoms with E-state index in [2.05, 4.69) is 57.8 Å². The quantitative estimate of drug-likeness (QED) is 0.401. The lowest BCUT2D eigenvalue weighted by Gasteiger charge is -2.02. The van der Waals surface area contributed by atoms with Gasteiger partial charge < -0.3 is 5.11 Å². The van der Waals surface area contributed by atoms with Gasteiger partial charge in [0.25, 0.3) is 5.91 Å². The van der Waals surface area contributed by atoms with E-state index in [0.717, 1.165) is 4.80 Å². The second-order valence-corrected chi connectivity index (χ2v) is 7.37. The summed E-state index contributed by atoms with van der Waals surface area (Å²) >= 11 is 12.5. The number of halogens is 3. The highest BCUT2D eigenvalue weighted by Gasteiger charge is 2.11. The highest BCUT2D eigenvalue weighted by molar-refractivity contribution is 9.11. The van der Waals surface area contributed by atoms with Gasteiger partial charge in [0.15, 0.2) is 0 Å². The van der Waals surface area contributed by atoms with Crippen LogP contribution in [-0.4, -0.2) is 37.4 Å². The van der Waals surface area contributed by atoms with Gasteiger partial charge in [-0.1, -0.05) is 23.7 Å². The van der Waals surface area contributed by atoms with Gasteiger partial charge in [-0.2, -0.15) is 9.90 Å². The van der Waals surface area contributed by atoms with Crippen molar-refractivity contribution in [3.63, 3.8) is 0 Å². The van der Waals surface area contributed by atoms with Crippen LogP contribution in [0.1, 0.15) is 5.56 Å². The molecule has 0 fully saturated rings. The molecule has 138 valence electrons. The van der Waals surface area contributed by atoms with E-state index in [4.69, 9.17) is 11.6 Å². The Morgan fingerprint density at radius 2 is 2.00 bits per heavy atom. The van der Waals surface area contributed by atoms with Crippen molar-refractivity contribution in [2.24, 2.45) is 5.10 Å². The number of aromatic nitrogens is 4. The zero-order valence-electron chi connectivity index (χ0n) is 13.5. The summed E-state index contributed by atoms with van der Waals surface area (Å²) < 4.78 is 1.01.